The lowest BCUT2D eigenvalue weighted by Gasteiger charge is -2.33. The van der Waals surface area contributed by atoms with E-state index in [1.807, 2.05) is 0 Å². The maximum Gasteiger partial charge on any atom is 0.0568 e. The first-order valence-corrected chi connectivity index (χ1v) is 6.27. The van der Waals surface area contributed by atoms with E-state index in [9.17, 15) is 0 Å². The molecule has 1 unspecified atom stereocenters. The highest BCUT2D eigenvalue weighted by Gasteiger charge is 2.17. The molecular formula is C11H24N4. The van der Waals surface area contributed by atoms with Crippen LogP contribution in [0.15, 0.2) is 0 Å². The van der Waals surface area contributed by atoms with Gasteiger partial charge in [-0.05, 0) is 26.4 Å². The van der Waals surface area contributed by atoms with Gasteiger partial charge in [0.15, 0.2) is 0 Å². The van der Waals surface area contributed by atoms with Gasteiger partial charge in [-0.15, -0.1) is 0 Å². The Bertz CT molecular complexity index is 175. The van der Waals surface area contributed by atoms with Gasteiger partial charge in [-0.3, -0.25) is 4.90 Å². The Hall–Kier alpha value is -0.160. The molecule has 0 bridgehead atoms. The van der Waals surface area contributed by atoms with Crippen molar-refractivity contribution in [3.63, 3.8) is 0 Å². The number of rotatable bonds is 6. The molecule has 4 nitrogen and oxygen atoms in total. The van der Waals surface area contributed by atoms with Crippen LogP contribution in [0.25, 0.3) is 0 Å². The maximum absolute atomic E-state index is 3.61. The highest BCUT2D eigenvalue weighted by atomic mass is 15.3. The van der Waals surface area contributed by atoms with Crippen LogP contribution in [-0.4, -0.2) is 68.3 Å². The van der Waals surface area contributed by atoms with Crippen LogP contribution >= 0.6 is 0 Å². The number of nitrogens with one attached hydrogen (secondary N) is 2. The summed E-state index contributed by atoms with van der Waals surface area (Å²) in [6.07, 6.45) is 1.83. The summed E-state index contributed by atoms with van der Waals surface area (Å²) in [6.45, 7) is 12.0. The van der Waals surface area contributed by atoms with Crippen molar-refractivity contribution in [3.8, 4) is 0 Å². The minimum Gasteiger partial charge on any atom is -0.314 e. The molecule has 2 rings (SSSR count). The molecule has 2 saturated heterocycles. The lowest BCUT2D eigenvalue weighted by atomic mass is 10.3. The van der Waals surface area contributed by atoms with E-state index in [1.165, 1.54) is 39.1 Å². The van der Waals surface area contributed by atoms with Crippen LogP contribution in [0.5, 0.6) is 0 Å². The second-order valence-electron chi connectivity index (χ2n) is 4.61. The summed E-state index contributed by atoms with van der Waals surface area (Å²) in [6, 6.07) is 0. The van der Waals surface area contributed by atoms with Crippen LogP contribution in [0.3, 0.4) is 0 Å². The zero-order valence-electron chi connectivity index (χ0n) is 9.84. The summed E-state index contributed by atoms with van der Waals surface area (Å²) in [5, 5.41) is 6.99. The topological polar surface area (TPSA) is 30.3 Å². The summed E-state index contributed by atoms with van der Waals surface area (Å²) in [5.41, 5.74) is 0. The van der Waals surface area contributed by atoms with Crippen molar-refractivity contribution < 1.29 is 0 Å². The molecule has 2 heterocycles. The number of hydrogen-bond acceptors (Lipinski definition) is 4. The normalized spacial score (nSPS) is 25.4. The van der Waals surface area contributed by atoms with Crippen molar-refractivity contribution in [2.75, 3.05) is 52.4 Å². The zero-order valence-corrected chi connectivity index (χ0v) is 9.84. The predicted octanol–water partition coefficient (Wildman–Crippen LogP) is -0.467. The largest absolute Gasteiger partial charge is 0.314 e. The van der Waals surface area contributed by atoms with E-state index < -0.39 is 0 Å². The Morgan fingerprint density at radius 3 is 2.60 bits per heavy atom. The average Bonchev–Trinajstić information content (AvgIpc) is 3.09. The maximum atomic E-state index is 3.61. The first-order valence-electron chi connectivity index (χ1n) is 6.27. The summed E-state index contributed by atoms with van der Waals surface area (Å²) < 4.78 is 0. The third-order valence-corrected chi connectivity index (χ3v) is 3.33. The molecule has 0 saturated carbocycles. The first kappa shape index (κ1) is 11.3. The van der Waals surface area contributed by atoms with Crippen molar-refractivity contribution >= 4 is 0 Å². The molecule has 0 aromatic rings. The average molecular weight is 212 g/mol. The summed E-state index contributed by atoms with van der Waals surface area (Å²) >= 11 is 0. The summed E-state index contributed by atoms with van der Waals surface area (Å²) in [7, 11) is 0. The first-order chi connectivity index (χ1) is 7.36. The van der Waals surface area contributed by atoms with E-state index in [1.54, 1.807) is 0 Å². The van der Waals surface area contributed by atoms with Gasteiger partial charge in [0.05, 0.1) is 6.17 Å². The van der Waals surface area contributed by atoms with E-state index in [0.717, 1.165) is 19.6 Å². The molecule has 0 radical (unpaired) electrons. The van der Waals surface area contributed by atoms with Gasteiger partial charge < -0.3 is 15.5 Å². The van der Waals surface area contributed by atoms with E-state index in [4.69, 9.17) is 0 Å². The van der Waals surface area contributed by atoms with Crippen LogP contribution in [0.2, 0.25) is 0 Å². The third-order valence-electron chi connectivity index (χ3n) is 3.33. The molecule has 1 atom stereocenters. The van der Waals surface area contributed by atoms with Crippen LogP contribution in [0.4, 0.5) is 0 Å². The molecule has 0 amide bonds. The summed E-state index contributed by atoms with van der Waals surface area (Å²) in [5.74, 6) is 0. The van der Waals surface area contributed by atoms with Crippen molar-refractivity contribution in [3.05, 3.63) is 0 Å². The molecular weight excluding hydrogens is 188 g/mol. The molecule has 15 heavy (non-hydrogen) atoms. The highest BCUT2D eigenvalue weighted by Crippen LogP contribution is 2.03. The molecule has 0 aromatic heterocycles. The minimum absolute atomic E-state index is 0.543. The monoisotopic (exact) mass is 212 g/mol. The Kier molecular flexibility index (Phi) is 4.38. The van der Waals surface area contributed by atoms with Crippen LogP contribution in [-0.2, 0) is 0 Å². The van der Waals surface area contributed by atoms with Crippen molar-refractivity contribution in [1.82, 2.24) is 20.4 Å². The quantitative estimate of drug-likeness (QED) is 0.460. The van der Waals surface area contributed by atoms with Crippen molar-refractivity contribution in [1.29, 1.82) is 0 Å². The fourth-order valence-corrected chi connectivity index (χ4v) is 2.11. The van der Waals surface area contributed by atoms with Crippen molar-refractivity contribution in [2.24, 2.45) is 0 Å². The van der Waals surface area contributed by atoms with E-state index in [0.29, 0.717) is 6.17 Å². The molecule has 0 aromatic carbocycles. The number of piperazine rings is 1. The number of nitrogens with zero attached hydrogens (tertiary/aromatic N) is 2. The smallest absolute Gasteiger partial charge is 0.0568 e. The molecule has 2 aliphatic rings. The van der Waals surface area contributed by atoms with Gasteiger partial charge in [0, 0.05) is 39.3 Å². The van der Waals surface area contributed by atoms with Gasteiger partial charge in [0.2, 0.25) is 0 Å². The van der Waals surface area contributed by atoms with Gasteiger partial charge in [0.1, 0.15) is 0 Å². The SMILES string of the molecule is CC(NCCCN1CC1)N1CCNCC1. The molecule has 4 heteroatoms. The van der Waals surface area contributed by atoms with Gasteiger partial charge in [-0.2, -0.15) is 0 Å². The Labute approximate surface area is 93.0 Å². The van der Waals surface area contributed by atoms with Crippen LogP contribution < -0.4 is 10.6 Å². The molecule has 2 N–H and O–H groups in total. The van der Waals surface area contributed by atoms with Gasteiger partial charge in [-0.25, -0.2) is 0 Å². The lowest BCUT2D eigenvalue weighted by molar-refractivity contribution is 0.157. The second-order valence-corrected chi connectivity index (χ2v) is 4.61. The Morgan fingerprint density at radius 1 is 1.20 bits per heavy atom. The third kappa shape index (κ3) is 4.07. The second kappa shape index (κ2) is 5.80. The van der Waals surface area contributed by atoms with Gasteiger partial charge in [0.25, 0.3) is 0 Å². The molecule has 2 aliphatic heterocycles. The minimum atomic E-state index is 0.543. The number of hydrogen-bond donors (Lipinski definition) is 2. The van der Waals surface area contributed by atoms with Crippen molar-refractivity contribution in [2.45, 2.75) is 19.5 Å². The molecule has 0 spiro atoms. The molecule has 2 fully saturated rings. The summed E-state index contributed by atoms with van der Waals surface area (Å²) in [4.78, 5) is 5.01. The highest BCUT2D eigenvalue weighted by molar-refractivity contribution is 4.74. The van der Waals surface area contributed by atoms with Gasteiger partial charge >= 0.3 is 0 Å². The van der Waals surface area contributed by atoms with E-state index in [2.05, 4.69) is 27.4 Å². The Balaban J connectivity index is 1.52. The molecule has 0 aliphatic carbocycles. The van der Waals surface area contributed by atoms with Gasteiger partial charge in [-0.1, -0.05) is 0 Å². The van der Waals surface area contributed by atoms with E-state index >= 15 is 0 Å². The predicted molar refractivity (Wildman–Crippen MR) is 63.0 cm³/mol. The Morgan fingerprint density at radius 2 is 1.93 bits per heavy atom. The van der Waals surface area contributed by atoms with Crippen LogP contribution in [0.1, 0.15) is 13.3 Å². The zero-order chi connectivity index (χ0) is 10.5. The lowest BCUT2D eigenvalue weighted by Crippen LogP contribution is -2.52. The van der Waals surface area contributed by atoms with E-state index in [-0.39, 0.29) is 0 Å². The van der Waals surface area contributed by atoms with Crippen LogP contribution in [0, 0.1) is 0 Å². The fraction of sp³-hybridized carbons (Fsp3) is 1.00. The standard InChI is InChI=1S/C11H24N4/c1-11(15-7-4-12-5-8-15)13-3-2-6-14-9-10-14/h11-13H,2-10H2,1H3. The fourth-order valence-electron chi connectivity index (χ4n) is 2.11. The molecule has 88 valence electrons.